The minimum absolute atomic E-state index is 0.0892. The molecule has 0 atom stereocenters. The molecule has 18 heavy (non-hydrogen) atoms. The average Bonchev–Trinajstić information content (AvgIpc) is 2.72. The number of rotatable bonds is 1. The maximum absolute atomic E-state index is 5.82. The third-order valence-electron chi connectivity index (χ3n) is 3.31. The van der Waals surface area contributed by atoms with Crippen molar-refractivity contribution in [1.29, 1.82) is 0 Å². The van der Waals surface area contributed by atoms with E-state index in [0.717, 1.165) is 22.1 Å². The summed E-state index contributed by atoms with van der Waals surface area (Å²) >= 11 is 0. The van der Waals surface area contributed by atoms with Crippen LogP contribution >= 0.6 is 0 Å². The molecule has 0 saturated carbocycles. The van der Waals surface area contributed by atoms with E-state index in [1.807, 2.05) is 19.1 Å². The Kier molecular flexibility index (Phi) is 2.68. The number of hydrogen-bond acceptors (Lipinski definition) is 3. The molecule has 1 aliphatic rings. The molecule has 0 unspecified atom stereocenters. The Morgan fingerprint density at radius 3 is 2.72 bits per heavy atom. The number of aryl methyl sites for hydroxylation is 1. The van der Waals surface area contributed by atoms with Crippen molar-refractivity contribution in [2.45, 2.75) is 20.8 Å². The van der Waals surface area contributed by atoms with E-state index in [1.54, 1.807) is 0 Å². The van der Waals surface area contributed by atoms with Gasteiger partial charge in [-0.1, -0.05) is 32.0 Å². The van der Waals surface area contributed by atoms with Gasteiger partial charge >= 0.3 is 7.12 Å². The Balaban J connectivity index is 1.95. The highest BCUT2D eigenvalue weighted by Gasteiger charge is 2.34. The van der Waals surface area contributed by atoms with E-state index in [2.05, 4.69) is 30.1 Å². The SMILES string of the molecule is Cc1[nH]nc2c(B3OCC(C)(C)CO3)cccc12. The largest absolute Gasteiger partial charge is 0.496 e. The van der Waals surface area contributed by atoms with Crippen molar-refractivity contribution < 1.29 is 9.31 Å². The fourth-order valence-corrected chi connectivity index (χ4v) is 2.25. The van der Waals surface area contributed by atoms with Gasteiger partial charge < -0.3 is 9.31 Å². The molecule has 3 rings (SSSR count). The van der Waals surface area contributed by atoms with Crippen molar-refractivity contribution in [3.63, 3.8) is 0 Å². The Morgan fingerprint density at radius 1 is 1.28 bits per heavy atom. The summed E-state index contributed by atoms with van der Waals surface area (Å²) in [6.07, 6.45) is 0. The van der Waals surface area contributed by atoms with Gasteiger partial charge in [0.05, 0.1) is 5.52 Å². The zero-order valence-electron chi connectivity index (χ0n) is 11.0. The number of H-pyrrole nitrogens is 1. The Morgan fingerprint density at radius 2 is 2.00 bits per heavy atom. The number of nitrogens with zero attached hydrogens (tertiary/aromatic N) is 1. The van der Waals surface area contributed by atoms with Gasteiger partial charge in [-0.15, -0.1) is 0 Å². The maximum atomic E-state index is 5.82. The first-order chi connectivity index (χ1) is 8.57. The minimum atomic E-state index is -0.301. The van der Waals surface area contributed by atoms with E-state index in [0.29, 0.717) is 13.2 Å². The van der Waals surface area contributed by atoms with E-state index in [9.17, 15) is 0 Å². The van der Waals surface area contributed by atoms with Crippen LogP contribution in [0.5, 0.6) is 0 Å². The fraction of sp³-hybridized carbons (Fsp3) is 0.462. The van der Waals surface area contributed by atoms with Crippen LogP contribution in [0.2, 0.25) is 0 Å². The molecule has 0 radical (unpaired) electrons. The van der Waals surface area contributed by atoms with Crippen molar-refractivity contribution >= 4 is 23.5 Å². The number of benzene rings is 1. The van der Waals surface area contributed by atoms with Gasteiger partial charge in [0.15, 0.2) is 0 Å². The standard InChI is InChI=1S/C13H17BN2O2/c1-9-10-5-4-6-11(12(10)16-15-9)14-17-7-13(2,3)8-18-14/h4-6H,7-8H2,1-3H3,(H,15,16). The molecule has 4 nitrogen and oxygen atoms in total. The van der Waals surface area contributed by atoms with Gasteiger partial charge in [0.2, 0.25) is 0 Å². The lowest BCUT2D eigenvalue weighted by Crippen LogP contribution is -2.47. The van der Waals surface area contributed by atoms with Gasteiger partial charge in [0.25, 0.3) is 0 Å². The monoisotopic (exact) mass is 244 g/mol. The molecule has 0 amide bonds. The second kappa shape index (κ2) is 4.11. The van der Waals surface area contributed by atoms with Crippen LogP contribution in [-0.2, 0) is 9.31 Å². The number of nitrogens with one attached hydrogen (secondary N) is 1. The lowest BCUT2D eigenvalue weighted by molar-refractivity contribution is 0.0344. The van der Waals surface area contributed by atoms with E-state index in [4.69, 9.17) is 9.31 Å². The molecule has 2 heterocycles. The second-order valence-corrected chi connectivity index (χ2v) is 5.71. The van der Waals surface area contributed by atoms with Crippen LogP contribution in [-0.4, -0.2) is 30.5 Å². The van der Waals surface area contributed by atoms with Crippen LogP contribution in [0.25, 0.3) is 10.9 Å². The number of aromatic amines is 1. The van der Waals surface area contributed by atoms with Gasteiger partial charge in [-0.3, -0.25) is 5.10 Å². The number of para-hydroxylation sites is 1. The van der Waals surface area contributed by atoms with Crippen LogP contribution in [0, 0.1) is 12.3 Å². The molecular formula is C13H17BN2O2. The predicted octanol–water partition coefficient (Wildman–Crippen LogP) is 1.64. The van der Waals surface area contributed by atoms with Crippen molar-refractivity contribution in [3.05, 3.63) is 23.9 Å². The summed E-state index contributed by atoms with van der Waals surface area (Å²) < 4.78 is 11.6. The summed E-state index contributed by atoms with van der Waals surface area (Å²) in [7, 11) is -0.301. The molecular weight excluding hydrogens is 227 g/mol. The van der Waals surface area contributed by atoms with Crippen LogP contribution in [0.4, 0.5) is 0 Å². The molecule has 2 aromatic rings. The number of hydrogen-bond donors (Lipinski definition) is 1. The first-order valence-electron chi connectivity index (χ1n) is 6.24. The summed E-state index contributed by atoms with van der Waals surface area (Å²) in [5.41, 5.74) is 3.11. The number of fused-ring (bicyclic) bond motifs is 1. The van der Waals surface area contributed by atoms with Crippen molar-refractivity contribution in [2.24, 2.45) is 5.41 Å². The van der Waals surface area contributed by atoms with Crippen LogP contribution < -0.4 is 5.46 Å². The van der Waals surface area contributed by atoms with Crippen LogP contribution in [0.1, 0.15) is 19.5 Å². The topological polar surface area (TPSA) is 47.1 Å². The van der Waals surface area contributed by atoms with Gasteiger partial charge in [-0.25, -0.2) is 0 Å². The quantitative estimate of drug-likeness (QED) is 0.775. The molecule has 94 valence electrons. The first kappa shape index (κ1) is 11.7. The zero-order valence-corrected chi connectivity index (χ0v) is 11.0. The van der Waals surface area contributed by atoms with Crippen molar-refractivity contribution in [3.8, 4) is 0 Å². The highest BCUT2D eigenvalue weighted by atomic mass is 16.6. The van der Waals surface area contributed by atoms with Gasteiger partial charge in [-0.2, -0.15) is 5.10 Å². The molecule has 1 aliphatic heterocycles. The molecule has 0 aliphatic carbocycles. The van der Waals surface area contributed by atoms with Crippen molar-refractivity contribution in [1.82, 2.24) is 10.2 Å². The number of aromatic nitrogens is 2. The third kappa shape index (κ3) is 1.93. The Labute approximate surface area is 107 Å². The zero-order chi connectivity index (χ0) is 12.8. The van der Waals surface area contributed by atoms with Gasteiger partial charge in [0, 0.05) is 35.2 Å². The highest BCUT2D eigenvalue weighted by Crippen LogP contribution is 2.22. The predicted molar refractivity (Wildman–Crippen MR) is 71.9 cm³/mol. The third-order valence-corrected chi connectivity index (χ3v) is 3.31. The van der Waals surface area contributed by atoms with E-state index in [-0.39, 0.29) is 12.5 Å². The first-order valence-corrected chi connectivity index (χ1v) is 6.24. The smallest absolute Gasteiger partial charge is 0.407 e. The molecule has 0 spiro atoms. The molecule has 5 heteroatoms. The molecule has 1 N–H and O–H groups in total. The summed E-state index contributed by atoms with van der Waals surface area (Å²) in [6.45, 7) is 7.71. The molecule has 1 aromatic carbocycles. The van der Waals surface area contributed by atoms with Crippen LogP contribution in [0.3, 0.4) is 0 Å². The van der Waals surface area contributed by atoms with E-state index >= 15 is 0 Å². The minimum Gasteiger partial charge on any atom is -0.407 e. The van der Waals surface area contributed by atoms with Crippen LogP contribution in [0.15, 0.2) is 18.2 Å². The maximum Gasteiger partial charge on any atom is 0.496 e. The van der Waals surface area contributed by atoms with Gasteiger partial charge in [-0.05, 0) is 6.92 Å². The average molecular weight is 244 g/mol. The van der Waals surface area contributed by atoms with Gasteiger partial charge in [0.1, 0.15) is 0 Å². The summed E-state index contributed by atoms with van der Waals surface area (Å²) in [5, 5.41) is 8.49. The summed E-state index contributed by atoms with van der Waals surface area (Å²) in [4.78, 5) is 0. The Hall–Kier alpha value is -1.33. The highest BCUT2D eigenvalue weighted by molar-refractivity contribution is 6.64. The summed E-state index contributed by atoms with van der Waals surface area (Å²) in [5.74, 6) is 0. The van der Waals surface area contributed by atoms with E-state index < -0.39 is 0 Å². The second-order valence-electron chi connectivity index (χ2n) is 5.71. The lowest BCUT2D eigenvalue weighted by atomic mass is 9.75. The Bertz CT molecular complexity index is 569. The summed E-state index contributed by atoms with van der Waals surface area (Å²) in [6, 6.07) is 6.10. The lowest BCUT2D eigenvalue weighted by Gasteiger charge is -2.33. The van der Waals surface area contributed by atoms with E-state index in [1.165, 1.54) is 0 Å². The van der Waals surface area contributed by atoms with Crippen molar-refractivity contribution in [2.75, 3.05) is 13.2 Å². The normalized spacial score (nSPS) is 19.4. The molecule has 0 bridgehead atoms. The molecule has 1 saturated heterocycles. The fourth-order valence-electron chi connectivity index (χ4n) is 2.25. The molecule has 1 fully saturated rings. The molecule has 1 aromatic heterocycles.